The maximum absolute atomic E-state index is 12.7. The summed E-state index contributed by atoms with van der Waals surface area (Å²) < 4.78 is 61.1. The number of alkyl halides is 3. The molecule has 2 aromatic rings. The fraction of sp³-hybridized carbons (Fsp3) is 0.267. The van der Waals surface area contributed by atoms with Crippen molar-refractivity contribution in [1.29, 1.82) is 0 Å². The normalized spacial score (nSPS) is 11.8. The van der Waals surface area contributed by atoms with E-state index in [0.29, 0.717) is 6.20 Å². The summed E-state index contributed by atoms with van der Waals surface area (Å²) in [5.74, 6) is 0. The molecule has 0 bridgehead atoms. The Bertz CT molecular complexity index is 834. The van der Waals surface area contributed by atoms with E-state index in [1.165, 1.54) is 12.1 Å². The van der Waals surface area contributed by atoms with Crippen molar-refractivity contribution < 1.29 is 21.6 Å². The largest absolute Gasteiger partial charge is 0.417 e. The van der Waals surface area contributed by atoms with Gasteiger partial charge < -0.3 is 10.6 Å². The molecule has 10 heteroatoms. The Kier molecular flexibility index (Phi) is 6.52. The maximum Gasteiger partial charge on any atom is 0.417 e. The Balaban J connectivity index is 0.000000705. The van der Waals surface area contributed by atoms with Gasteiger partial charge in [-0.3, -0.25) is 4.98 Å². The summed E-state index contributed by atoms with van der Waals surface area (Å²) in [6.07, 6.45) is -2.81. The molecular formula is C15H19F3N4O2S. The van der Waals surface area contributed by atoms with Gasteiger partial charge in [0.25, 0.3) is 0 Å². The summed E-state index contributed by atoms with van der Waals surface area (Å²) in [5.41, 5.74) is 4.61. The number of aromatic nitrogens is 1. The van der Waals surface area contributed by atoms with Crippen LogP contribution < -0.4 is 10.9 Å². The minimum atomic E-state index is -4.58. The van der Waals surface area contributed by atoms with E-state index in [0.717, 1.165) is 18.3 Å². The molecule has 2 rings (SSSR count). The minimum Gasteiger partial charge on any atom is -0.399 e. The van der Waals surface area contributed by atoms with Crippen molar-refractivity contribution in [1.82, 2.24) is 9.88 Å². The number of hydrogen-bond acceptors (Lipinski definition) is 5. The van der Waals surface area contributed by atoms with Gasteiger partial charge in [-0.2, -0.15) is 13.2 Å². The first-order chi connectivity index (χ1) is 11.3. The number of benzene rings is 1. The van der Waals surface area contributed by atoms with E-state index in [-0.39, 0.29) is 21.7 Å². The van der Waals surface area contributed by atoms with Gasteiger partial charge in [-0.15, -0.1) is 0 Å². The lowest BCUT2D eigenvalue weighted by Gasteiger charge is -2.11. The van der Waals surface area contributed by atoms with Gasteiger partial charge in [0, 0.05) is 29.2 Å². The molecule has 138 valence electrons. The highest BCUT2D eigenvalue weighted by Crippen LogP contribution is 2.33. The average molecular weight is 376 g/mol. The van der Waals surface area contributed by atoms with Crippen molar-refractivity contribution >= 4 is 15.7 Å². The number of rotatable bonds is 2. The molecule has 1 heterocycles. The Morgan fingerprint density at radius 3 is 2.12 bits per heavy atom. The van der Waals surface area contributed by atoms with Crippen LogP contribution in [0, 0.1) is 0 Å². The van der Waals surface area contributed by atoms with Gasteiger partial charge in [-0.05, 0) is 39.3 Å². The molecule has 1 aromatic carbocycles. The van der Waals surface area contributed by atoms with Gasteiger partial charge in [-0.1, -0.05) is 6.07 Å². The Morgan fingerprint density at radius 2 is 1.64 bits per heavy atom. The second-order valence-corrected chi connectivity index (χ2v) is 7.13. The zero-order valence-electron chi connectivity index (χ0n) is 13.9. The van der Waals surface area contributed by atoms with Crippen LogP contribution in [0.1, 0.15) is 5.56 Å². The SMILES string of the molecule is CN(C)C.Nc1ccc(-c2cncc(C(F)(F)F)c2)c(S(N)(=O)=O)c1. The fourth-order valence-corrected chi connectivity index (χ4v) is 2.55. The molecule has 6 nitrogen and oxygen atoms in total. The lowest BCUT2D eigenvalue weighted by molar-refractivity contribution is -0.137. The zero-order valence-corrected chi connectivity index (χ0v) is 14.7. The van der Waals surface area contributed by atoms with Crippen LogP contribution in [0.4, 0.5) is 18.9 Å². The highest BCUT2D eigenvalue weighted by Gasteiger charge is 2.31. The predicted octanol–water partition coefficient (Wildman–Crippen LogP) is 2.17. The summed E-state index contributed by atoms with van der Waals surface area (Å²) in [6.45, 7) is 0. The third-order valence-corrected chi connectivity index (χ3v) is 3.64. The van der Waals surface area contributed by atoms with Crippen LogP contribution in [0.2, 0.25) is 0 Å². The van der Waals surface area contributed by atoms with E-state index in [2.05, 4.69) is 4.98 Å². The van der Waals surface area contributed by atoms with Crippen molar-refractivity contribution in [3.05, 3.63) is 42.2 Å². The standard InChI is InChI=1S/C12H10F3N3O2S.C3H9N/c13-12(14,15)8-3-7(5-18-6-8)10-2-1-9(16)4-11(10)21(17,19)20;1-4(2)3/h1-6H,16H2,(H2,17,19,20);1-3H3. The Labute approximate surface area is 144 Å². The second-order valence-electron chi connectivity index (χ2n) is 5.60. The smallest absolute Gasteiger partial charge is 0.399 e. The third kappa shape index (κ3) is 6.33. The summed E-state index contributed by atoms with van der Waals surface area (Å²) in [7, 11) is 1.86. The number of anilines is 1. The lowest BCUT2D eigenvalue weighted by atomic mass is 10.1. The number of sulfonamides is 1. The molecule has 0 fully saturated rings. The monoisotopic (exact) mass is 376 g/mol. The summed E-state index contributed by atoms with van der Waals surface area (Å²) >= 11 is 0. The molecule has 0 aliphatic rings. The summed E-state index contributed by atoms with van der Waals surface area (Å²) in [5, 5.41) is 5.06. The van der Waals surface area contributed by atoms with Gasteiger partial charge >= 0.3 is 6.18 Å². The maximum atomic E-state index is 12.7. The van der Waals surface area contributed by atoms with Crippen LogP contribution in [0.15, 0.2) is 41.6 Å². The van der Waals surface area contributed by atoms with Gasteiger partial charge in [0.2, 0.25) is 10.0 Å². The van der Waals surface area contributed by atoms with E-state index in [4.69, 9.17) is 10.9 Å². The summed E-state index contributed by atoms with van der Waals surface area (Å²) in [4.78, 5) is 5.13. The molecule has 25 heavy (non-hydrogen) atoms. The highest BCUT2D eigenvalue weighted by atomic mass is 32.2. The van der Waals surface area contributed by atoms with Crippen LogP contribution in [0.25, 0.3) is 11.1 Å². The van der Waals surface area contributed by atoms with Crippen molar-refractivity contribution in [3.63, 3.8) is 0 Å². The molecule has 0 unspecified atom stereocenters. The van der Waals surface area contributed by atoms with Crippen molar-refractivity contribution in [2.45, 2.75) is 11.1 Å². The molecule has 0 spiro atoms. The van der Waals surface area contributed by atoms with Gasteiger partial charge in [0.1, 0.15) is 0 Å². The number of halogens is 3. The number of primary sulfonamides is 1. The van der Waals surface area contributed by atoms with E-state index in [9.17, 15) is 21.6 Å². The molecule has 0 amide bonds. The van der Waals surface area contributed by atoms with Crippen LogP contribution in [-0.4, -0.2) is 39.4 Å². The van der Waals surface area contributed by atoms with Gasteiger partial charge in [0.05, 0.1) is 10.5 Å². The molecule has 0 atom stereocenters. The molecule has 0 aliphatic heterocycles. The molecule has 0 radical (unpaired) electrons. The number of pyridine rings is 1. The second kappa shape index (κ2) is 7.81. The predicted molar refractivity (Wildman–Crippen MR) is 90.1 cm³/mol. The first-order valence-corrected chi connectivity index (χ1v) is 8.43. The molecule has 4 N–H and O–H groups in total. The van der Waals surface area contributed by atoms with E-state index in [1.54, 1.807) is 0 Å². The van der Waals surface area contributed by atoms with Crippen LogP contribution in [-0.2, 0) is 16.2 Å². The van der Waals surface area contributed by atoms with Gasteiger partial charge in [-0.25, -0.2) is 13.6 Å². The zero-order chi connectivity index (χ0) is 19.4. The number of nitrogens with two attached hydrogens (primary N) is 2. The third-order valence-electron chi connectivity index (χ3n) is 2.69. The molecular weight excluding hydrogens is 357 g/mol. The molecule has 0 aliphatic carbocycles. The average Bonchev–Trinajstić information content (AvgIpc) is 2.45. The fourth-order valence-electron chi connectivity index (χ4n) is 1.76. The topological polar surface area (TPSA) is 102 Å². The highest BCUT2D eigenvalue weighted by molar-refractivity contribution is 7.89. The first kappa shape index (κ1) is 20.9. The van der Waals surface area contributed by atoms with Crippen LogP contribution in [0.3, 0.4) is 0 Å². The number of nitrogen functional groups attached to an aromatic ring is 1. The minimum absolute atomic E-state index is 0.00491. The number of nitrogens with zero attached hydrogens (tertiary/aromatic N) is 2. The van der Waals surface area contributed by atoms with Crippen LogP contribution >= 0.6 is 0 Å². The summed E-state index contributed by atoms with van der Waals surface area (Å²) in [6, 6.07) is 4.54. The Hall–Kier alpha value is -2.17. The number of hydrogen-bond donors (Lipinski definition) is 2. The first-order valence-electron chi connectivity index (χ1n) is 6.88. The molecule has 1 aromatic heterocycles. The van der Waals surface area contributed by atoms with E-state index < -0.39 is 21.8 Å². The lowest BCUT2D eigenvalue weighted by Crippen LogP contribution is -2.14. The van der Waals surface area contributed by atoms with Gasteiger partial charge in [0.15, 0.2) is 0 Å². The van der Waals surface area contributed by atoms with Crippen molar-refractivity contribution in [3.8, 4) is 11.1 Å². The molecule has 0 saturated carbocycles. The van der Waals surface area contributed by atoms with E-state index in [1.807, 2.05) is 26.0 Å². The van der Waals surface area contributed by atoms with Crippen molar-refractivity contribution in [2.24, 2.45) is 5.14 Å². The van der Waals surface area contributed by atoms with Crippen LogP contribution in [0.5, 0.6) is 0 Å². The molecule has 0 saturated heterocycles. The quantitative estimate of drug-likeness (QED) is 0.782. The Morgan fingerprint density at radius 1 is 1.08 bits per heavy atom. The van der Waals surface area contributed by atoms with Crippen molar-refractivity contribution in [2.75, 3.05) is 26.9 Å². The van der Waals surface area contributed by atoms with E-state index >= 15 is 0 Å².